The fourth-order valence-corrected chi connectivity index (χ4v) is 2.74. The number of nitro benzene ring substituents is 1. The molecular formula is C12H17BrN2O2S. The van der Waals surface area contributed by atoms with E-state index in [9.17, 15) is 10.1 Å². The smallest absolute Gasteiger partial charge is 0.283 e. The Hall–Kier alpha value is -0.590. The number of nitro groups is 1. The quantitative estimate of drug-likeness (QED) is 0.590. The summed E-state index contributed by atoms with van der Waals surface area (Å²) in [6.45, 7) is 2.87. The Morgan fingerprint density at radius 2 is 2.22 bits per heavy atom. The van der Waals surface area contributed by atoms with Gasteiger partial charge in [0.05, 0.1) is 9.40 Å². The fraction of sp³-hybridized carbons (Fsp3) is 0.500. The van der Waals surface area contributed by atoms with Gasteiger partial charge in [-0.3, -0.25) is 15.0 Å². The van der Waals surface area contributed by atoms with Crippen molar-refractivity contribution in [1.82, 2.24) is 4.90 Å². The van der Waals surface area contributed by atoms with Crippen molar-refractivity contribution in [3.05, 3.63) is 38.3 Å². The van der Waals surface area contributed by atoms with E-state index in [1.54, 1.807) is 23.9 Å². The lowest BCUT2D eigenvalue weighted by Crippen LogP contribution is -2.30. The Kier molecular flexibility index (Phi) is 6.11. The SMILES string of the molecule is CSCC(C)N(C)Cc1ccc(Br)c([N+](=O)[O-])c1. The van der Waals surface area contributed by atoms with Crippen molar-refractivity contribution < 1.29 is 4.92 Å². The van der Waals surface area contributed by atoms with Gasteiger partial charge in [0, 0.05) is 24.4 Å². The van der Waals surface area contributed by atoms with E-state index in [1.165, 1.54) is 0 Å². The lowest BCUT2D eigenvalue weighted by molar-refractivity contribution is -0.385. The van der Waals surface area contributed by atoms with Crippen molar-refractivity contribution in [3.8, 4) is 0 Å². The number of hydrogen-bond donors (Lipinski definition) is 0. The molecule has 0 aliphatic carbocycles. The summed E-state index contributed by atoms with van der Waals surface area (Å²) < 4.78 is 0.524. The molecule has 0 aliphatic heterocycles. The molecule has 1 unspecified atom stereocenters. The minimum Gasteiger partial charge on any atom is -0.299 e. The summed E-state index contributed by atoms with van der Waals surface area (Å²) in [4.78, 5) is 12.7. The minimum atomic E-state index is -0.362. The summed E-state index contributed by atoms with van der Waals surface area (Å²) >= 11 is 4.99. The second-order valence-corrected chi connectivity index (χ2v) is 6.03. The molecule has 0 radical (unpaired) electrons. The van der Waals surface area contributed by atoms with Crippen molar-refractivity contribution in [1.29, 1.82) is 0 Å². The zero-order valence-corrected chi connectivity index (χ0v) is 13.1. The van der Waals surface area contributed by atoms with E-state index in [-0.39, 0.29) is 10.6 Å². The standard InChI is InChI=1S/C12H17BrN2O2S/c1-9(8-18-3)14(2)7-10-4-5-11(13)12(6-10)15(16)17/h4-6,9H,7-8H2,1-3H3. The summed E-state index contributed by atoms with van der Waals surface area (Å²) in [7, 11) is 2.04. The van der Waals surface area contributed by atoms with Crippen molar-refractivity contribution in [2.75, 3.05) is 19.1 Å². The molecular weight excluding hydrogens is 316 g/mol. The first-order valence-electron chi connectivity index (χ1n) is 5.57. The largest absolute Gasteiger partial charge is 0.299 e. The first kappa shape index (κ1) is 15.5. The topological polar surface area (TPSA) is 46.4 Å². The fourth-order valence-electron chi connectivity index (χ4n) is 1.61. The predicted molar refractivity (Wildman–Crippen MR) is 80.1 cm³/mol. The van der Waals surface area contributed by atoms with E-state index in [0.717, 1.165) is 17.9 Å². The van der Waals surface area contributed by atoms with E-state index in [4.69, 9.17) is 0 Å². The molecule has 0 aliphatic rings. The molecule has 1 atom stereocenters. The molecule has 0 bridgehead atoms. The van der Waals surface area contributed by atoms with E-state index in [0.29, 0.717) is 10.5 Å². The Morgan fingerprint density at radius 1 is 1.56 bits per heavy atom. The Bertz CT molecular complexity index is 429. The molecule has 0 spiro atoms. The van der Waals surface area contributed by atoms with Gasteiger partial charge >= 0.3 is 0 Å². The number of halogens is 1. The molecule has 1 aromatic carbocycles. The molecule has 0 amide bonds. The Morgan fingerprint density at radius 3 is 2.78 bits per heavy atom. The lowest BCUT2D eigenvalue weighted by atomic mass is 10.2. The Labute approximate surface area is 120 Å². The van der Waals surface area contributed by atoms with Crippen molar-refractivity contribution in [2.45, 2.75) is 19.5 Å². The highest BCUT2D eigenvalue weighted by molar-refractivity contribution is 9.10. The van der Waals surface area contributed by atoms with Gasteiger partial charge in [-0.2, -0.15) is 11.8 Å². The summed E-state index contributed by atoms with van der Waals surface area (Å²) in [6, 6.07) is 5.73. The van der Waals surface area contributed by atoms with Gasteiger partial charge in [-0.15, -0.1) is 0 Å². The number of thioether (sulfide) groups is 1. The van der Waals surface area contributed by atoms with Crippen LogP contribution in [0.2, 0.25) is 0 Å². The van der Waals surface area contributed by atoms with Crippen LogP contribution in [-0.2, 0) is 6.54 Å². The van der Waals surface area contributed by atoms with Crippen LogP contribution in [0.5, 0.6) is 0 Å². The van der Waals surface area contributed by atoms with Gasteiger partial charge in [-0.05, 0) is 47.8 Å². The molecule has 0 fully saturated rings. The van der Waals surface area contributed by atoms with Gasteiger partial charge in [0.2, 0.25) is 0 Å². The van der Waals surface area contributed by atoms with Gasteiger partial charge < -0.3 is 0 Å². The normalized spacial score (nSPS) is 12.7. The maximum Gasteiger partial charge on any atom is 0.283 e. The van der Waals surface area contributed by atoms with Gasteiger partial charge in [-0.1, -0.05) is 6.07 Å². The van der Waals surface area contributed by atoms with Crippen LogP contribution in [-0.4, -0.2) is 34.9 Å². The number of nitrogens with zero attached hydrogens (tertiary/aromatic N) is 2. The molecule has 0 saturated heterocycles. The number of benzene rings is 1. The molecule has 0 saturated carbocycles. The van der Waals surface area contributed by atoms with Crippen LogP contribution in [0.4, 0.5) is 5.69 Å². The average Bonchev–Trinajstić information content (AvgIpc) is 2.31. The van der Waals surface area contributed by atoms with Crippen LogP contribution < -0.4 is 0 Å². The van der Waals surface area contributed by atoms with Crippen LogP contribution >= 0.6 is 27.7 Å². The van der Waals surface area contributed by atoms with Gasteiger partial charge in [-0.25, -0.2) is 0 Å². The van der Waals surface area contributed by atoms with Crippen LogP contribution in [0.1, 0.15) is 12.5 Å². The second kappa shape index (κ2) is 7.11. The molecule has 18 heavy (non-hydrogen) atoms. The second-order valence-electron chi connectivity index (χ2n) is 4.26. The summed E-state index contributed by atoms with van der Waals surface area (Å²) in [6.07, 6.45) is 2.08. The van der Waals surface area contributed by atoms with Crippen LogP contribution in [0.25, 0.3) is 0 Å². The average molecular weight is 333 g/mol. The van der Waals surface area contributed by atoms with Crippen LogP contribution in [0.15, 0.2) is 22.7 Å². The molecule has 0 N–H and O–H groups in total. The highest BCUT2D eigenvalue weighted by atomic mass is 79.9. The number of hydrogen-bond acceptors (Lipinski definition) is 4. The van der Waals surface area contributed by atoms with E-state index < -0.39 is 0 Å². The molecule has 0 aromatic heterocycles. The first-order chi connectivity index (χ1) is 8.45. The third kappa shape index (κ3) is 4.26. The monoisotopic (exact) mass is 332 g/mol. The molecule has 4 nitrogen and oxygen atoms in total. The summed E-state index contributed by atoms with van der Waals surface area (Å²) in [5, 5.41) is 10.9. The van der Waals surface area contributed by atoms with Gasteiger partial charge in [0.25, 0.3) is 5.69 Å². The highest BCUT2D eigenvalue weighted by Crippen LogP contribution is 2.26. The molecule has 1 aromatic rings. The molecule has 1 rings (SSSR count). The Balaban J connectivity index is 2.79. The van der Waals surface area contributed by atoms with Crippen molar-refractivity contribution in [2.24, 2.45) is 0 Å². The van der Waals surface area contributed by atoms with Crippen LogP contribution in [0, 0.1) is 10.1 Å². The highest BCUT2D eigenvalue weighted by Gasteiger charge is 2.14. The van der Waals surface area contributed by atoms with Crippen molar-refractivity contribution >= 4 is 33.4 Å². The first-order valence-corrected chi connectivity index (χ1v) is 7.76. The maximum absolute atomic E-state index is 10.9. The summed E-state index contributed by atoms with van der Waals surface area (Å²) in [5.74, 6) is 1.05. The number of rotatable bonds is 6. The van der Waals surface area contributed by atoms with Crippen molar-refractivity contribution in [3.63, 3.8) is 0 Å². The van der Waals surface area contributed by atoms with Crippen LogP contribution in [0.3, 0.4) is 0 Å². The minimum absolute atomic E-state index is 0.124. The molecule has 0 heterocycles. The zero-order chi connectivity index (χ0) is 13.7. The predicted octanol–water partition coefficient (Wildman–Crippen LogP) is 3.54. The molecule has 6 heteroatoms. The van der Waals surface area contributed by atoms with Gasteiger partial charge in [0.15, 0.2) is 0 Å². The van der Waals surface area contributed by atoms with E-state index in [1.807, 2.05) is 13.1 Å². The molecule has 100 valence electrons. The third-order valence-corrected chi connectivity index (χ3v) is 4.29. The lowest BCUT2D eigenvalue weighted by Gasteiger charge is -2.24. The zero-order valence-electron chi connectivity index (χ0n) is 10.7. The van der Waals surface area contributed by atoms with E-state index >= 15 is 0 Å². The van der Waals surface area contributed by atoms with Gasteiger partial charge in [0.1, 0.15) is 0 Å². The van der Waals surface area contributed by atoms with E-state index in [2.05, 4.69) is 34.0 Å². The summed E-state index contributed by atoms with van der Waals surface area (Å²) in [5.41, 5.74) is 1.08. The third-order valence-electron chi connectivity index (χ3n) is 2.80. The maximum atomic E-state index is 10.9.